The smallest absolute Gasteiger partial charge is 1.00 e. The molecule has 0 rings (SSSR count). The zero-order valence-corrected chi connectivity index (χ0v) is 27.3. The molecular weight excluding hydrogens is 613 g/mol. The van der Waals surface area contributed by atoms with E-state index in [9.17, 15) is 9.13 Å². The first-order chi connectivity index (χ1) is 10.3. The van der Waals surface area contributed by atoms with Crippen molar-refractivity contribution in [2.24, 2.45) is 5.92 Å². The molecule has 0 aromatic rings. The van der Waals surface area contributed by atoms with Crippen LogP contribution in [0.15, 0.2) is 0 Å². The van der Waals surface area contributed by atoms with Crippen LogP contribution < -0.4 is 0 Å². The van der Waals surface area contributed by atoms with E-state index in [2.05, 4.69) is 13.8 Å². The van der Waals surface area contributed by atoms with Gasteiger partial charge in [-0.2, -0.15) is 0 Å². The van der Waals surface area contributed by atoms with Crippen molar-refractivity contribution >= 4 is 113 Å². The maximum absolute atomic E-state index is 12.4. The Labute approximate surface area is 237 Å². The molecule has 25 heavy (non-hydrogen) atoms. The third kappa shape index (κ3) is 20.5. The van der Waals surface area contributed by atoms with Gasteiger partial charge in [0, 0.05) is 32.2 Å². The SMILES string of the molecule is [Ba+2].[Ba+2].[CH2-]C(COP(C)(=O)OC(C)C)CP(C)(=O)OCC([CH2-])OC(C)C.[H-].[H-]. The third-order valence-corrected chi connectivity index (χ3v) is 5.83. The van der Waals surface area contributed by atoms with E-state index in [1.54, 1.807) is 20.5 Å². The summed E-state index contributed by atoms with van der Waals surface area (Å²) in [7, 11) is -5.96. The molecule has 10 heteroatoms. The summed E-state index contributed by atoms with van der Waals surface area (Å²) in [5.74, 6) is -0.316. The van der Waals surface area contributed by atoms with Gasteiger partial charge in [0.05, 0.1) is 12.7 Å². The van der Waals surface area contributed by atoms with Crippen molar-refractivity contribution in [2.75, 3.05) is 32.7 Å². The molecule has 0 saturated heterocycles. The van der Waals surface area contributed by atoms with Gasteiger partial charge in [-0.25, -0.2) is 0 Å². The van der Waals surface area contributed by atoms with E-state index in [4.69, 9.17) is 18.3 Å². The Morgan fingerprint density at radius 1 is 0.920 bits per heavy atom. The molecular formula is C15H34Ba2O6P2. The molecule has 0 bridgehead atoms. The van der Waals surface area contributed by atoms with Crippen LogP contribution >= 0.6 is 15.0 Å². The van der Waals surface area contributed by atoms with Crippen molar-refractivity contribution in [1.29, 1.82) is 0 Å². The molecule has 0 aliphatic heterocycles. The van der Waals surface area contributed by atoms with Crippen LogP contribution in [0.2, 0.25) is 0 Å². The van der Waals surface area contributed by atoms with Crippen LogP contribution in [0.5, 0.6) is 0 Å². The summed E-state index contributed by atoms with van der Waals surface area (Å²) in [4.78, 5) is 0. The molecule has 0 N–H and O–H groups in total. The molecule has 0 heterocycles. The topological polar surface area (TPSA) is 71.1 Å². The summed E-state index contributed by atoms with van der Waals surface area (Å²) in [6, 6.07) is 0. The van der Waals surface area contributed by atoms with E-state index in [1.165, 1.54) is 6.66 Å². The van der Waals surface area contributed by atoms with Crippen molar-refractivity contribution in [3.05, 3.63) is 13.8 Å². The first-order valence-corrected chi connectivity index (χ1v) is 12.0. The summed E-state index contributed by atoms with van der Waals surface area (Å²) in [6.07, 6.45) is -0.308. The molecule has 0 aromatic heterocycles. The zero-order chi connectivity index (χ0) is 18.3. The fourth-order valence-corrected chi connectivity index (χ4v) is 4.83. The van der Waals surface area contributed by atoms with Crippen LogP contribution in [-0.4, -0.2) is 149 Å². The van der Waals surface area contributed by atoms with Crippen LogP contribution in [0.3, 0.4) is 0 Å². The van der Waals surface area contributed by atoms with Crippen molar-refractivity contribution in [1.82, 2.24) is 0 Å². The second kappa shape index (κ2) is 16.2. The first kappa shape index (κ1) is 33.1. The van der Waals surface area contributed by atoms with Gasteiger partial charge in [-0.05, 0) is 33.8 Å². The predicted octanol–water partition coefficient (Wildman–Crippen LogP) is 3.72. The van der Waals surface area contributed by atoms with Crippen LogP contribution in [0.1, 0.15) is 30.5 Å². The van der Waals surface area contributed by atoms with Gasteiger partial charge in [0.1, 0.15) is 0 Å². The van der Waals surface area contributed by atoms with Crippen molar-refractivity contribution in [3.63, 3.8) is 0 Å². The summed E-state index contributed by atoms with van der Waals surface area (Å²) < 4.78 is 45.8. The number of rotatable bonds is 12. The molecule has 0 aliphatic rings. The second-order valence-corrected chi connectivity index (χ2v) is 11.0. The summed E-state index contributed by atoms with van der Waals surface area (Å²) in [6.45, 7) is 18.2. The molecule has 4 unspecified atom stereocenters. The molecule has 0 radical (unpaired) electrons. The van der Waals surface area contributed by atoms with Gasteiger partial charge in [0.25, 0.3) is 0 Å². The molecule has 0 spiro atoms. The summed E-state index contributed by atoms with van der Waals surface area (Å²) in [5.41, 5.74) is 0. The van der Waals surface area contributed by atoms with Gasteiger partial charge < -0.3 is 35.0 Å². The Balaban J connectivity index is -0.000000403. The minimum Gasteiger partial charge on any atom is -1.00 e. The van der Waals surface area contributed by atoms with E-state index in [0.717, 1.165) is 0 Å². The maximum Gasteiger partial charge on any atom is 2.00 e. The van der Waals surface area contributed by atoms with Crippen molar-refractivity contribution in [3.8, 4) is 0 Å². The van der Waals surface area contributed by atoms with E-state index in [1.807, 2.05) is 13.8 Å². The quantitative estimate of drug-likeness (QED) is 0.183. The fourth-order valence-electron chi connectivity index (χ4n) is 1.89. The van der Waals surface area contributed by atoms with Gasteiger partial charge in [0.15, 0.2) is 7.37 Å². The Kier molecular flexibility index (Phi) is 21.4. The van der Waals surface area contributed by atoms with E-state index < -0.39 is 15.0 Å². The molecule has 6 nitrogen and oxygen atoms in total. The number of hydrogen-bond acceptors (Lipinski definition) is 6. The minimum atomic E-state index is -3.12. The van der Waals surface area contributed by atoms with E-state index >= 15 is 0 Å². The number of ether oxygens (including phenoxy) is 1. The first-order valence-electron chi connectivity index (χ1n) is 7.76. The predicted molar refractivity (Wildman–Crippen MR) is 108 cm³/mol. The average molecular weight is 647 g/mol. The summed E-state index contributed by atoms with van der Waals surface area (Å²) in [5, 5.41) is 0. The van der Waals surface area contributed by atoms with E-state index in [0.29, 0.717) is 0 Å². The Hall–Kier alpha value is 3.44. The normalized spacial score (nSPS) is 18.6. The molecule has 4 atom stereocenters. The average Bonchev–Trinajstić information content (AvgIpc) is 2.31. The molecule has 0 aromatic carbocycles. The molecule has 0 saturated carbocycles. The van der Waals surface area contributed by atoms with Gasteiger partial charge in [0.2, 0.25) is 0 Å². The maximum atomic E-state index is 12.4. The molecule has 0 amide bonds. The molecule has 0 aliphatic carbocycles. The largest absolute Gasteiger partial charge is 2.00 e. The van der Waals surface area contributed by atoms with Crippen LogP contribution in [0.4, 0.5) is 0 Å². The monoisotopic (exact) mass is 648 g/mol. The van der Waals surface area contributed by atoms with Crippen molar-refractivity contribution in [2.45, 2.75) is 46.0 Å². The molecule has 144 valence electrons. The van der Waals surface area contributed by atoms with Gasteiger partial charge in [-0.15, -0.1) is 5.92 Å². The Morgan fingerprint density at radius 2 is 1.44 bits per heavy atom. The van der Waals surface area contributed by atoms with Crippen LogP contribution in [-0.2, 0) is 27.4 Å². The fraction of sp³-hybridized carbons (Fsp3) is 0.867. The van der Waals surface area contributed by atoms with Gasteiger partial charge >= 0.3 is 105 Å². The minimum absolute atomic E-state index is 0. The Bertz CT molecular complexity index is 445. The second-order valence-electron chi connectivity index (χ2n) is 6.39. The van der Waals surface area contributed by atoms with Gasteiger partial charge in [-0.3, -0.25) is 9.13 Å². The van der Waals surface area contributed by atoms with Crippen molar-refractivity contribution < 1.29 is 30.3 Å². The van der Waals surface area contributed by atoms with Crippen LogP contribution in [0, 0.1) is 19.8 Å². The standard InChI is InChI=1S/C15H32O6P2.2Ba.2H/c1-12(2)20-15(6)10-18-22(7,16)11-14(5)9-19-23(8,17)21-13(3)4;;;;/h12-15H,5-6,9-11H2,1-4,7-8H3;;;;/q-2;2*+2;2*-1. The van der Waals surface area contributed by atoms with E-state index in [-0.39, 0.29) is 144 Å². The molecule has 0 fully saturated rings. The van der Waals surface area contributed by atoms with Crippen LogP contribution in [0.25, 0.3) is 0 Å². The zero-order valence-electron chi connectivity index (χ0n) is 18.6. The summed E-state index contributed by atoms with van der Waals surface area (Å²) >= 11 is 0. The number of hydrogen-bond donors (Lipinski definition) is 0. The van der Waals surface area contributed by atoms with Gasteiger partial charge in [-0.1, -0.05) is 0 Å². The third-order valence-electron chi connectivity index (χ3n) is 2.54. The Morgan fingerprint density at radius 3 is 1.88 bits per heavy atom.